The third-order valence-electron chi connectivity index (χ3n) is 4.94. The predicted molar refractivity (Wildman–Crippen MR) is 127 cm³/mol. The van der Waals surface area contributed by atoms with Gasteiger partial charge in [-0.05, 0) is 36.8 Å². The number of fused-ring (bicyclic) bond motifs is 1. The summed E-state index contributed by atoms with van der Waals surface area (Å²) in [6.45, 7) is 1.54. The Morgan fingerprint density at radius 1 is 0.875 bits per heavy atom. The second kappa shape index (κ2) is 9.71. The van der Waals surface area contributed by atoms with Crippen molar-refractivity contribution in [2.45, 2.75) is 13.0 Å². The third-order valence-corrected chi connectivity index (χ3v) is 4.94. The monoisotopic (exact) mass is 422 g/mol. The van der Waals surface area contributed by atoms with E-state index in [4.69, 9.17) is 4.74 Å². The lowest BCUT2D eigenvalue weighted by Gasteiger charge is -2.15. The van der Waals surface area contributed by atoms with Gasteiger partial charge in [-0.2, -0.15) is 0 Å². The van der Waals surface area contributed by atoms with Crippen molar-refractivity contribution in [2.75, 3.05) is 5.32 Å². The topological polar surface area (TPSA) is 68.3 Å². The Morgan fingerprint density at radius 2 is 1.59 bits per heavy atom. The highest BCUT2D eigenvalue weighted by molar-refractivity contribution is 5.99. The van der Waals surface area contributed by atoms with Crippen molar-refractivity contribution in [3.8, 4) is 11.1 Å². The number of amides is 1. The maximum absolute atomic E-state index is 12.6. The summed E-state index contributed by atoms with van der Waals surface area (Å²) in [5.74, 6) is -1.02. The van der Waals surface area contributed by atoms with E-state index in [-0.39, 0.29) is 0 Å². The summed E-state index contributed by atoms with van der Waals surface area (Å²) in [6, 6.07) is 28.8. The zero-order valence-electron chi connectivity index (χ0n) is 17.6. The molecule has 0 radical (unpaired) electrons. The van der Waals surface area contributed by atoms with Gasteiger partial charge in [0.15, 0.2) is 6.10 Å². The first kappa shape index (κ1) is 21.0. The highest BCUT2D eigenvalue weighted by Crippen LogP contribution is 2.27. The maximum Gasteiger partial charge on any atom is 0.331 e. The predicted octanol–water partition coefficient (Wildman–Crippen LogP) is 5.49. The number of nitrogens with zero attached hydrogens (tertiary/aromatic N) is 1. The number of carbonyl (C=O) groups excluding carboxylic acids is 2. The average molecular weight is 422 g/mol. The molecule has 0 aliphatic heterocycles. The summed E-state index contributed by atoms with van der Waals surface area (Å²) in [7, 11) is 0. The van der Waals surface area contributed by atoms with E-state index >= 15 is 0 Å². The first-order valence-electron chi connectivity index (χ1n) is 10.3. The molecule has 0 aliphatic rings. The van der Waals surface area contributed by atoms with Crippen molar-refractivity contribution in [2.24, 2.45) is 0 Å². The zero-order valence-corrected chi connectivity index (χ0v) is 17.6. The van der Waals surface area contributed by atoms with Gasteiger partial charge in [0.25, 0.3) is 5.91 Å². The molecule has 0 bridgehead atoms. The van der Waals surface area contributed by atoms with Gasteiger partial charge in [-0.15, -0.1) is 0 Å². The molecule has 4 aromatic rings. The van der Waals surface area contributed by atoms with Gasteiger partial charge >= 0.3 is 5.97 Å². The second-order valence-electron chi connectivity index (χ2n) is 7.24. The van der Waals surface area contributed by atoms with Gasteiger partial charge in [0.2, 0.25) is 0 Å². The van der Waals surface area contributed by atoms with Gasteiger partial charge in [-0.3, -0.25) is 4.79 Å². The Hall–Kier alpha value is -4.25. The first-order valence-corrected chi connectivity index (χ1v) is 10.3. The molecule has 0 saturated carbocycles. The number of pyridine rings is 1. The van der Waals surface area contributed by atoms with Crippen LogP contribution >= 0.6 is 0 Å². The van der Waals surface area contributed by atoms with Gasteiger partial charge in [-0.1, -0.05) is 72.8 Å². The Kier molecular flexibility index (Phi) is 6.37. The Balaban J connectivity index is 1.39. The van der Waals surface area contributed by atoms with Crippen LogP contribution in [0.5, 0.6) is 0 Å². The van der Waals surface area contributed by atoms with Crippen molar-refractivity contribution in [3.05, 3.63) is 103 Å². The molecular weight excluding hydrogens is 400 g/mol. The number of nitrogens with one attached hydrogen (secondary N) is 1. The van der Waals surface area contributed by atoms with Gasteiger partial charge in [0, 0.05) is 22.7 Å². The van der Waals surface area contributed by atoms with Crippen molar-refractivity contribution in [1.29, 1.82) is 0 Å². The molecule has 1 amide bonds. The largest absolute Gasteiger partial charge is 0.449 e. The van der Waals surface area contributed by atoms with Crippen molar-refractivity contribution >= 4 is 34.5 Å². The van der Waals surface area contributed by atoms with Crippen LogP contribution in [0.2, 0.25) is 0 Å². The van der Waals surface area contributed by atoms with E-state index < -0.39 is 18.0 Å². The van der Waals surface area contributed by atoms with E-state index in [0.29, 0.717) is 11.4 Å². The number of anilines is 1. The maximum atomic E-state index is 12.6. The molecule has 1 N–H and O–H groups in total. The molecule has 1 heterocycles. The van der Waals surface area contributed by atoms with Gasteiger partial charge in [0.05, 0.1) is 11.2 Å². The number of hydrogen-bond acceptors (Lipinski definition) is 4. The zero-order chi connectivity index (χ0) is 22.3. The van der Waals surface area contributed by atoms with E-state index in [1.165, 1.54) is 6.08 Å². The quantitative estimate of drug-likeness (QED) is 0.330. The normalized spacial score (nSPS) is 11.9. The number of esters is 1. The highest BCUT2D eigenvalue weighted by atomic mass is 16.5. The summed E-state index contributed by atoms with van der Waals surface area (Å²) in [6.07, 6.45) is 1.89. The fourth-order valence-electron chi connectivity index (χ4n) is 3.29. The van der Waals surface area contributed by atoms with Crippen molar-refractivity contribution < 1.29 is 14.3 Å². The minimum atomic E-state index is -0.958. The number of para-hydroxylation sites is 2. The lowest BCUT2D eigenvalue weighted by molar-refractivity contribution is -0.148. The fourth-order valence-corrected chi connectivity index (χ4v) is 3.29. The second-order valence-corrected chi connectivity index (χ2v) is 7.24. The van der Waals surface area contributed by atoms with Crippen molar-refractivity contribution in [3.63, 3.8) is 0 Å². The summed E-state index contributed by atoms with van der Waals surface area (Å²) in [5.41, 5.74) is 4.01. The third kappa shape index (κ3) is 5.08. The van der Waals surface area contributed by atoms with Gasteiger partial charge in [-0.25, -0.2) is 9.78 Å². The van der Waals surface area contributed by atoms with E-state index in [1.54, 1.807) is 13.0 Å². The number of carbonyl (C=O) groups is 2. The molecule has 32 heavy (non-hydrogen) atoms. The molecule has 0 aliphatic carbocycles. The molecule has 3 aromatic carbocycles. The molecule has 0 spiro atoms. The minimum Gasteiger partial charge on any atom is -0.449 e. The van der Waals surface area contributed by atoms with Crippen LogP contribution in [0.3, 0.4) is 0 Å². The molecule has 1 atom stereocenters. The van der Waals surface area contributed by atoms with Crippen LogP contribution in [-0.4, -0.2) is 23.0 Å². The van der Waals surface area contributed by atoms with Crippen LogP contribution in [0.4, 0.5) is 5.69 Å². The number of hydrogen-bond donors (Lipinski definition) is 1. The summed E-state index contributed by atoms with van der Waals surface area (Å²) < 4.78 is 5.27. The number of benzene rings is 3. The number of rotatable bonds is 6. The van der Waals surface area contributed by atoms with E-state index in [2.05, 4.69) is 10.3 Å². The van der Waals surface area contributed by atoms with Gasteiger partial charge in [0.1, 0.15) is 0 Å². The summed E-state index contributed by atoms with van der Waals surface area (Å²) in [5, 5.41) is 3.88. The number of ether oxygens (including phenoxy) is 1. The van der Waals surface area contributed by atoms with Crippen LogP contribution in [-0.2, 0) is 14.3 Å². The van der Waals surface area contributed by atoms with Crippen LogP contribution in [0.15, 0.2) is 97.1 Å². The van der Waals surface area contributed by atoms with E-state index in [0.717, 1.165) is 22.0 Å². The molecule has 0 saturated heterocycles. The van der Waals surface area contributed by atoms with Crippen molar-refractivity contribution in [1.82, 2.24) is 4.98 Å². The van der Waals surface area contributed by atoms with Crippen LogP contribution < -0.4 is 5.32 Å². The highest BCUT2D eigenvalue weighted by Gasteiger charge is 2.18. The molecule has 4 rings (SSSR count). The first-order chi connectivity index (χ1) is 15.6. The Morgan fingerprint density at radius 3 is 2.44 bits per heavy atom. The molecule has 158 valence electrons. The Labute approximate surface area is 186 Å². The van der Waals surface area contributed by atoms with Gasteiger partial charge < -0.3 is 10.1 Å². The molecule has 0 fully saturated rings. The summed E-state index contributed by atoms with van der Waals surface area (Å²) in [4.78, 5) is 29.3. The lowest BCUT2D eigenvalue weighted by Crippen LogP contribution is -2.29. The van der Waals surface area contributed by atoms with Crippen LogP contribution in [0.25, 0.3) is 28.1 Å². The standard InChI is InChI=1S/C27H22N2O3/c1-19(27(31)29-25-14-8-6-12-23(25)20-9-3-2-4-10-20)32-26(30)18-17-22-16-15-21-11-5-7-13-24(21)28-22/h2-19H,1H3,(H,29,31)/b18-17+. The molecule has 1 aromatic heterocycles. The van der Waals surface area contributed by atoms with Crippen LogP contribution in [0.1, 0.15) is 12.6 Å². The average Bonchev–Trinajstić information content (AvgIpc) is 2.83. The SMILES string of the molecule is CC(OC(=O)/C=C/c1ccc2ccccc2n1)C(=O)Nc1ccccc1-c1ccccc1. The number of aromatic nitrogens is 1. The van der Waals surface area contributed by atoms with Crippen LogP contribution in [0, 0.1) is 0 Å². The fraction of sp³-hybridized carbons (Fsp3) is 0.0741. The minimum absolute atomic E-state index is 0.404. The van der Waals surface area contributed by atoms with E-state index in [9.17, 15) is 9.59 Å². The lowest BCUT2D eigenvalue weighted by atomic mass is 10.0. The molecular formula is C27H22N2O3. The molecule has 5 nitrogen and oxygen atoms in total. The van der Waals surface area contributed by atoms with E-state index in [1.807, 2.05) is 91.0 Å². The molecule has 5 heteroatoms. The smallest absolute Gasteiger partial charge is 0.331 e. The Bertz CT molecular complexity index is 1280. The molecule has 1 unspecified atom stereocenters. The summed E-state index contributed by atoms with van der Waals surface area (Å²) >= 11 is 0.